The smallest absolute Gasteiger partial charge is 0.192 e. The first-order valence-corrected chi connectivity index (χ1v) is 8.53. The predicted octanol–water partition coefficient (Wildman–Crippen LogP) is 4.26. The van der Waals surface area contributed by atoms with Crippen LogP contribution in [0, 0.1) is 0 Å². The minimum absolute atomic E-state index is 0.574. The molecule has 124 valence electrons. The lowest BCUT2D eigenvalue weighted by molar-refractivity contribution is 0.415. The van der Waals surface area contributed by atoms with Gasteiger partial charge in [0.15, 0.2) is 11.0 Å². The topological polar surface area (TPSA) is 53.1 Å². The Balaban J connectivity index is 1.99. The molecule has 3 rings (SSSR count). The first-order chi connectivity index (χ1) is 11.7. The number of rotatable bonds is 7. The van der Waals surface area contributed by atoms with Gasteiger partial charge in [0, 0.05) is 11.3 Å². The summed E-state index contributed by atoms with van der Waals surface area (Å²) in [6.45, 7) is 6.53. The van der Waals surface area contributed by atoms with Crippen LogP contribution >= 0.6 is 11.8 Å². The Morgan fingerprint density at radius 3 is 2.88 bits per heavy atom. The van der Waals surface area contributed by atoms with Crippen LogP contribution in [0.4, 0.5) is 0 Å². The molecule has 2 heterocycles. The number of thioether (sulfide) groups is 1. The van der Waals surface area contributed by atoms with Gasteiger partial charge in [0.2, 0.25) is 0 Å². The van der Waals surface area contributed by atoms with E-state index >= 15 is 0 Å². The normalized spacial score (nSPS) is 10.8. The quantitative estimate of drug-likeness (QED) is 0.475. The zero-order valence-electron chi connectivity index (χ0n) is 13.7. The average molecular weight is 341 g/mol. The van der Waals surface area contributed by atoms with Gasteiger partial charge in [0.05, 0.1) is 19.9 Å². The lowest BCUT2D eigenvalue weighted by atomic mass is 10.2. The van der Waals surface area contributed by atoms with Gasteiger partial charge < -0.3 is 9.15 Å². The van der Waals surface area contributed by atoms with Gasteiger partial charge in [-0.05, 0) is 31.2 Å². The maximum absolute atomic E-state index is 5.50. The van der Waals surface area contributed by atoms with Crippen LogP contribution in [0.3, 0.4) is 0 Å². The van der Waals surface area contributed by atoms with Crippen LogP contribution in [0.15, 0.2) is 64.4 Å². The Labute approximate surface area is 145 Å². The molecule has 0 N–H and O–H groups in total. The van der Waals surface area contributed by atoms with Gasteiger partial charge in [-0.3, -0.25) is 4.57 Å². The molecule has 0 unspecified atom stereocenters. The highest BCUT2D eigenvalue weighted by Gasteiger charge is 2.16. The van der Waals surface area contributed by atoms with E-state index in [9.17, 15) is 0 Å². The van der Waals surface area contributed by atoms with Gasteiger partial charge in [0.25, 0.3) is 0 Å². The van der Waals surface area contributed by atoms with Gasteiger partial charge in [-0.2, -0.15) is 0 Å². The second-order valence-electron chi connectivity index (χ2n) is 5.45. The SMILES string of the molecule is C=C(C)CSc1nnc(-c2cccc(OC)c2)n1Cc1ccco1. The van der Waals surface area contributed by atoms with Gasteiger partial charge >= 0.3 is 0 Å². The average Bonchev–Trinajstić information content (AvgIpc) is 3.23. The summed E-state index contributed by atoms with van der Waals surface area (Å²) in [4.78, 5) is 0. The van der Waals surface area contributed by atoms with Crippen LogP contribution in [0.1, 0.15) is 12.7 Å². The summed E-state index contributed by atoms with van der Waals surface area (Å²) >= 11 is 1.62. The van der Waals surface area contributed by atoms with Crippen molar-refractivity contribution >= 4 is 11.8 Å². The van der Waals surface area contributed by atoms with Crippen molar-refractivity contribution in [3.8, 4) is 17.1 Å². The molecule has 0 amide bonds. The molecule has 24 heavy (non-hydrogen) atoms. The van der Waals surface area contributed by atoms with E-state index in [1.165, 1.54) is 0 Å². The molecule has 0 atom stereocenters. The van der Waals surface area contributed by atoms with E-state index < -0.39 is 0 Å². The highest BCUT2D eigenvalue weighted by atomic mass is 32.2. The van der Waals surface area contributed by atoms with E-state index in [4.69, 9.17) is 9.15 Å². The van der Waals surface area contributed by atoms with Crippen molar-refractivity contribution in [3.05, 3.63) is 60.6 Å². The Hall–Kier alpha value is -2.47. The molecule has 0 aliphatic carbocycles. The molecule has 1 aromatic carbocycles. The molecule has 0 fully saturated rings. The van der Waals surface area contributed by atoms with E-state index in [1.54, 1.807) is 25.1 Å². The number of ether oxygens (including phenoxy) is 1. The monoisotopic (exact) mass is 341 g/mol. The van der Waals surface area contributed by atoms with Crippen LogP contribution < -0.4 is 4.74 Å². The summed E-state index contributed by atoms with van der Waals surface area (Å²) in [5, 5.41) is 9.58. The molecule has 3 aromatic rings. The summed E-state index contributed by atoms with van der Waals surface area (Å²) in [6, 6.07) is 11.6. The van der Waals surface area contributed by atoms with Crippen molar-refractivity contribution in [3.63, 3.8) is 0 Å². The van der Waals surface area contributed by atoms with Crippen molar-refractivity contribution < 1.29 is 9.15 Å². The number of nitrogens with zero attached hydrogens (tertiary/aromatic N) is 3. The molecular formula is C18H19N3O2S. The van der Waals surface area contributed by atoms with Crippen molar-refractivity contribution in [1.82, 2.24) is 14.8 Å². The van der Waals surface area contributed by atoms with E-state index in [2.05, 4.69) is 21.3 Å². The van der Waals surface area contributed by atoms with E-state index in [1.807, 2.05) is 43.3 Å². The number of aromatic nitrogens is 3. The molecule has 6 heteroatoms. The third kappa shape index (κ3) is 3.71. The molecule has 0 aliphatic rings. The van der Waals surface area contributed by atoms with Crippen LogP contribution in [0.25, 0.3) is 11.4 Å². The predicted molar refractivity (Wildman–Crippen MR) is 95.4 cm³/mol. The molecule has 0 saturated heterocycles. The number of furan rings is 1. The number of hydrogen-bond donors (Lipinski definition) is 0. The molecular weight excluding hydrogens is 322 g/mol. The Kier molecular flexibility index (Phi) is 5.05. The third-order valence-corrected chi connectivity index (χ3v) is 4.58. The van der Waals surface area contributed by atoms with Gasteiger partial charge in [-0.1, -0.05) is 36.0 Å². The van der Waals surface area contributed by atoms with Crippen LogP contribution in [0.5, 0.6) is 5.75 Å². The van der Waals surface area contributed by atoms with Crippen molar-refractivity contribution in [2.75, 3.05) is 12.9 Å². The molecule has 5 nitrogen and oxygen atoms in total. The maximum atomic E-state index is 5.50. The molecule has 2 aromatic heterocycles. The second-order valence-corrected chi connectivity index (χ2v) is 6.39. The lowest BCUT2D eigenvalue weighted by Gasteiger charge is -2.09. The van der Waals surface area contributed by atoms with Gasteiger partial charge in [-0.15, -0.1) is 10.2 Å². The summed E-state index contributed by atoms with van der Waals surface area (Å²) in [5.41, 5.74) is 2.05. The largest absolute Gasteiger partial charge is 0.497 e. The standard InChI is InChI=1S/C18H19N3O2S/c1-13(2)12-24-18-20-19-17(14-6-4-7-15(10-14)22-3)21(18)11-16-8-5-9-23-16/h4-10H,1,11-12H2,2-3H3. The molecule has 0 saturated carbocycles. The Morgan fingerprint density at radius 2 is 2.17 bits per heavy atom. The van der Waals surface area contributed by atoms with Gasteiger partial charge in [0.1, 0.15) is 11.5 Å². The van der Waals surface area contributed by atoms with Crippen molar-refractivity contribution in [2.24, 2.45) is 0 Å². The van der Waals surface area contributed by atoms with Crippen molar-refractivity contribution in [1.29, 1.82) is 0 Å². The maximum Gasteiger partial charge on any atom is 0.192 e. The third-order valence-electron chi connectivity index (χ3n) is 3.39. The highest BCUT2D eigenvalue weighted by molar-refractivity contribution is 7.99. The summed E-state index contributed by atoms with van der Waals surface area (Å²) in [6.07, 6.45) is 1.67. The summed E-state index contributed by atoms with van der Waals surface area (Å²) in [7, 11) is 1.65. The number of hydrogen-bond acceptors (Lipinski definition) is 5. The van der Waals surface area contributed by atoms with E-state index in [0.717, 1.165) is 39.4 Å². The number of benzene rings is 1. The van der Waals surface area contributed by atoms with Crippen molar-refractivity contribution in [2.45, 2.75) is 18.6 Å². The highest BCUT2D eigenvalue weighted by Crippen LogP contribution is 2.28. The molecule has 0 aliphatic heterocycles. The minimum atomic E-state index is 0.574. The number of methoxy groups -OCH3 is 1. The van der Waals surface area contributed by atoms with Crippen LogP contribution in [-0.2, 0) is 6.54 Å². The van der Waals surface area contributed by atoms with E-state index in [0.29, 0.717) is 6.54 Å². The molecule has 0 radical (unpaired) electrons. The fraction of sp³-hybridized carbons (Fsp3) is 0.222. The fourth-order valence-electron chi connectivity index (χ4n) is 2.26. The van der Waals surface area contributed by atoms with Gasteiger partial charge in [-0.25, -0.2) is 0 Å². The second kappa shape index (κ2) is 7.40. The minimum Gasteiger partial charge on any atom is -0.497 e. The summed E-state index contributed by atoms with van der Waals surface area (Å²) < 4.78 is 12.9. The molecule has 0 bridgehead atoms. The van der Waals surface area contributed by atoms with Crippen LogP contribution in [-0.4, -0.2) is 27.6 Å². The first kappa shape index (κ1) is 16.4. The lowest BCUT2D eigenvalue weighted by Crippen LogP contribution is -2.04. The summed E-state index contributed by atoms with van der Waals surface area (Å²) in [5.74, 6) is 3.23. The first-order valence-electron chi connectivity index (χ1n) is 7.54. The fourth-order valence-corrected chi connectivity index (χ4v) is 3.04. The zero-order chi connectivity index (χ0) is 16.9. The van der Waals surface area contributed by atoms with Crippen LogP contribution in [0.2, 0.25) is 0 Å². The molecule has 0 spiro atoms. The van der Waals surface area contributed by atoms with E-state index in [-0.39, 0.29) is 0 Å². The Bertz CT molecular complexity index is 825. The Morgan fingerprint density at radius 1 is 1.29 bits per heavy atom. The zero-order valence-corrected chi connectivity index (χ0v) is 14.5.